The van der Waals surface area contributed by atoms with Crippen LogP contribution >= 0.6 is 24.0 Å². The van der Waals surface area contributed by atoms with Crippen LogP contribution < -0.4 is 10.1 Å². The van der Waals surface area contributed by atoms with Crippen LogP contribution in [0.15, 0.2) is 41.3 Å². The number of rotatable bonds is 7. The number of thiocarbonyl (C=S) groups is 1. The van der Waals surface area contributed by atoms with E-state index in [2.05, 4.69) is 5.32 Å². The molecule has 0 bridgehead atoms. The van der Waals surface area contributed by atoms with Crippen LogP contribution in [0.2, 0.25) is 0 Å². The number of aromatic hydroxyl groups is 1. The minimum absolute atomic E-state index is 0.00410. The zero-order valence-corrected chi connectivity index (χ0v) is 17.8. The standard InChI is InChI=1S/C22H21NO4S2/c1-3-5-17-18(9-8-16(13(2)24)20(17)25)27-12-15-7-4-6-14(10-15)11-19-21(26)23-22(28)29-19/h4,6-11,25H,3,5,12H2,1-2H3,(H,23,26,28). The Hall–Kier alpha value is -2.64. The maximum atomic E-state index is 11.8. The van der Waals surface area contributed by atoms with E-state index >= 15 is 0 Å². The Morgan fingerprint density at radius 2 is 2.10 bits per heavy atom. The van der Waals surface area contributed by atoms with Crippen molar-refractivity contribution in [1.82, 2.24) is 5.32 Å². The molecule has 1 aliphatic rings. The lowest BCUT2D eigenvalue weighted by Crippen LogP contribution is -2.17. The second-order valence-electron chi connectivity index (χ2n) is 6.63. The molecule has 1 heterocycles. The first-order chi connectivity index (χ1) is 13.9. The van der Waals surface area contributed by atoms with Crippen molar-refractivity contribution in [3.63, 3.8) is 0 Å². The van der Waals surface area contributed by atoms with Gasteiger partial charge in [0.05, 0.1) is 10.5 Å². The Bertz CT molecular complexity index is 1010. The third-order valence-electron chi connectivity index (χ3n) is 4.40. The summed E-state index contributed by atoms with van der Waals surface area (Å²) in [6, 6.07) is 11.0. The molecule has 0 radical (unpaired) electrons. The number of benzene rings is 2. The summed E-state index contributed by atoms with van der Waals surface area (Å²) in [6.45, 7) is 3.73. The first-order valence-corrected chi connectivity index (χ1v) is 10.4. The fraction of sp³-hybridized carbons (Fsp3) is 0.227. The summed E-state index contributed by atoms with van der Waals surface area (Å²) >= 11 is 6.25. The number of ketones is 1. The van der Waals surface area contributed by atoms with Gasteiger partial charge in [-0.05, 0) is 48.7 Å². The third kappa shape index (κ3) is 5.05. The van der Waals surface area contributed by atoms with Crippen LogP contribution in [0.25, 0.3) is 6.08 Å². The summed E-state index contributed by atoms with van der Waals surface area (Å²) < 4.78 is 6.41. The zero-order chi connectivity index (χ0) is 21.0. The minimum atomic E-state index is -0.188. The topological polar surface area (TPSA) is 75.6 Å². The van der Waals surface area contributed by atoms with Gasteiger partial charge in [-0.1, -0.05) is 55.5 Å². The molecule has 0 aromatic heterocycles. The summed E-state index contributed by atoms with van der Waals surface area (Å²) in [7, 11) is 0. The summed E-state index contributed by atoms with van der Waals surface area (Å²) in [6.07, 6.45) is 3.22. The Morgan fingerprint density at radius 1 is 1.31 bits per heavy atom. The van der Waals surface area contributed by atoms with E-state index in [1.807, 2.05) is 31.2 Å². The Kier molecular flexibility index (Phi) is 6.71. The predicted molar refractivity (Wildman–Crippen MR) is 119 cm³/mol. The molecule has 7 heteroatoms. The molecule has 5 nitrogen and oxygen atoms in total. The molecule has 2 aromatic carbocycles. The van der Waals surface area contributed by atoms with Crippen LogP contribution in [0.3, 0.4) is 0 Å². The fourth-order valence-corrected chi connectivity index (χ4v) is 4.08. The summed E-state index contributed by atoms with van der Waals surface area (Å²) in [5.41, 5.74) is 2.74. The lowest BCUT2D eigenvalue weighted by molar-refractivity contribution is -0.115. The second kappa shape index (κ2) is 9.24. The van der Waals surface area contributed by atoms with Crippen molar-refractivity contribution in [2.24, 2.45) is 0 Å². The highest BCUT2D eigenvalue weighted by molar-refractivity contribution is 8.26. The fourth-order valence-electron chi connectivity index (χ4n) is 3.03. The molecule has 150 valence electrons. The molecule has 0 atom stereocenters. The number of ether oxygens (including phenoxy) is 1. The molecule has 0 spiro atoms. The van der Waals surface area contributed by atoms with Gasteiger partial charge >= 0.3 is 0 Å². The van der Waals surface area contributed by atoms with E-state index in [1.54, 1.807) is 18.2 Å². The average Bonchev–Trinajstić information content (AvgIpc) is 2.99. The molecule has 3 rings (SSSR count). The lowest BCUT2D eigenvalue weighted by Gasteiger charge is -2.15. The number of carbonyl (C=O) groups excluding carboxylic acids is 2. The van der Waals surface area contributed by atoms with Crippen molar-refractivity contribution in [2.45, 2.75) is 33.3 Å². The highest BCUT2D eigenvalue weighted by Crippen LogP contribution is 2.33. The highest BCUT2D eigenvalue weighted by Gasteiger charge is 2.22. The van der Waals surface area contributed by atoms with Gasteiger partial charge in [0.25, 0.3) is 5.91 Å². The zero-order valence-electron chi connectivity index (χ0n) is 16.2. The second-order valence-corrected chi connectivity index (χ2v) is 8.35. The molecule has 29 heavy (non-hydrogen) atoms. The summed E-state index contributed by atoms with van der Waals surface area (Å²) in [5, 5.41) is 13.1. The van der Waals surface area contributed by atoms with Crippen molar-refractivity contribution in [3.8, 4) is 11.5 Å². The SMILES string of the molecule is CCCc1c(OCc2cccc(C=C3SC(=S)NC3=O)c2)ccc(C(C)=O)c1O. The monoisotopic (exact) mass is 427 g/mol. The number of amides is 1. The van der Waals surface area contributed by atoms with Gasteiger partial charge in [0.2, 0.25) is 0 Å². The van der Waals surface area contributed by atoms with Crippen LogP contribution in [0.1, 0.15) is 47.3 Å². The maximum absolute atomic E-state index is 11.8. The molecule has 1 aliphatic heterocycles. The molecule has 2 aromatic rings. The lowest BCUT2D eigenvalue weighted by atomic mass is 10.0. The van der Waals surface area contributed by atoms with Gasteiger partial charge in [0.1, 0.15) is 22.4 Å². The number of hydrogen-bond donors (Lipinski definition) is 2. The normalized spacial score (nSPS) is 14.9. The quantitative estimate of drug-likeness (QED) is 0.382. The third-order valence-corrected chi connectivity index (χ3v) is 5.57. The van der Waals surface area contributed by atoms with Crippen LogP contribution in [0.4, 0.5) is 0 Å². The number of carbonyl (C=O) groups is 2. The van der Waals surface area contributed by atoms with Gasteiger partial charge in [-0.3, -0.25) is 9.59 Å². The Balaban J connectivity index is 1.79. The molecule has 2 N–H and O–H groups in total. The van der Waals surface area contributed by atoms with Crippen LogP contribution in [-0.4, -0.2) is 21.1 Å². The number of thioether (sulfide) groups is 1. The molecule has 1 amide bonds. The Labute approximate surface area is 179 Å². The summed E-state index contributed by atoms with van der Waals surface area (Å²) in [4.78, 5) is 24.1. The van der Waals surface area contributed by atoms with Crippen LogP contribution in [-0.2, 0) is 17.8 Å². The van der Waals surface area contributed by atoms with Crippen molar-refractivity contribution < 1.29 is 19.4 Å². The Morgan fingerprint density at radius 3 is 2.76 bits per heavy atom. The van der Waals surface area contributed by atoms with Gasteiger partial charge in [0.15, 0.2) is 5.78 Å². The highest BCUT2D eigenvalue weighted by atomic mass is 32.2. The van der Waals surface area contributed by atoms with Gasteiger partial charge in [-0.2, -0.15) is 0 Å². The molecule has 0 aliphatic carbocycles. The molecular weight excluding hydrogens is 406 g/mol. The first-order valence-electron chi connectivity index (χ1n) is 9.21. The number of hydrogen-bond acceptors (Lipinski definition) is 6. The van der Waals surface area contributed by atoms with Crippen molar-refractivity contribution >= 4 is 46.1 Å². The van der Waals surface area contributed by atoms with Crippen LogP contribution in [0, 0.1) is 0 Å². The van der Waals surface area contributed by atoms with E-state index in [4.69, 9.17) is 17.0 Å². The minimum Gasteiger partial charge on any atom is -0.507 e. The number of Topliss-reactive ketones (excluding diaryl/α,β-unsaturated/α-hetero) is 1. The maximum Gasteiger partial charge on any atom is 0.263 e. The van der Waals surface area contributed by atoms with Gasteiger partial charge in [-0.25, -0.2) is 0 Å². The van der Waals surface area contributed by atoms with Gasteiger partial charge in [0, 0.05) is 5.56 Å². The van der Waals surface area contributed by atoms with E-state index in [0.29, 0.717) is 39.1 Å². The van der Waals surface area contributed by atoms with Crippen LogP contribution in [0.5, 0.6) is 11.5 Å². The van der Waals surface area contributed by atoms with Gasteiger partial charge < -0.3 is 15.2 Å². The van der Waals surface area contributed by atoms with E-state index in [1.165, 1.54) is 18.7 Å². The van der Waals surface area contributed by atoms with Crippen molar-refractivity contribution in [1.29, 1.82) is 0 Å². The van der Waals surface area contributed by atoms with Gasteiger partial charge in [-0.15, -0.1) is 0 Å². The largest absolute Gasteiger partial charge is 0.507 e. The molecule has 1 fully saturated rings. The van der Waals surface area contributed by atoms with E-state index in [-0.39, 0.29) is 17.4 Å². The van der Waals surface area contributed by atoms with E-state index in [9.17, 15) is 14.7 Å². The van der Waals surface area contributed by atoms with Crippen molar-refractivity contribution in [2.75, 3.05) is 0 Å². The molecule has 1 saturated heterocycles. The molecule has 0 unspecified atom stereocenters. The average molecular weight is 428 g/mol. The predicted octanol–water partition coefficient (Wildman–Crippen LogP) is 4.62. The van der Waals surface area contributed by atoms with E-state index < -0.39 is 0 Å². The number of phenolic OH excluding ortho intramolecular Hbond substituents is 1. The molecule has 0 saturated carbocycles. The smallest absolute Gasteiger partial charge is 0.263 e. The molecular formula is C22H21NO4S2. The number of nitrogens with one attached hydrogen (secondary N) is 1. The summed E-state index contributed by atoms with van der Waals surface area (Å²) in [5.74, 6) is 0.192. The van der Waals surface area contributed by atoms with Crippen molar-refractivity contribution in [3.05, 3.63) is 63.6 Å². The first kappa shape index (κ1) is 21.1. The van der Waals surface area contributed by atoms with E-state index in [0.717, 1.165) is 17.5 Å². The number of phenols is 1.